The van der Waals surface area contributed by atoms with Gasteiger partial charge in [-0.2, -0.15) is 0 Å². The van der Waals surface area contributed by atoms with Crippen molar-refractivity contribution in [2.24, 2.45) is 0 Å². The highest BCUT2D eigenvalue weighted by atomic mass is 32.1. The van der Waals surface area contributed by atoms with Crippen molar-refractivity contribution in [2.75, 3.05) is 31.2 Å². The van der Waals surface area contributed by atoms with Crippen molar-refractivity contribution in [3.05, 3.63) is 10.3 Å². The van der Waals surface area contributed by atoms with E-state index in [9.17, 15) is 19.8 Å². The lowest BCUT2D eigenvalue weighted by atomic mass is 10.2. The summed E-state index contributed by atoms with van der Waals surface area (Å²) in [7, 11) is 0. The lowest BCUT2D eigenvalue weighted by Gasteiger charge is -2.33. The van der Waals surface area contributed by atoms with E-state index < -0.39 is 23.7 Å². The number of thiophene rings is 1. The number of carbonyl (C=O) groups is 2. The van der Waals surface area contributed by atoms with Crippen molar-refractivity contribution in [1.29, 1.82) is 0 Å². The van der Waals surface area contributed by atoms with Crippen LogP contribution in [0.15, 0.2) is 5.38 Å². The first-order chi connectivity index (χ1) is 11.2. The number of nitrogens with zero attached hydrogens (tertiary/aromatic N) is 1. The minimum atomic E-state index is -1.03. The Morgan fingerprint density at radius 2 is 2.21 bits per heavy atom. The molecule has 0 spiro atoms. The molecule has 0 aromatic carbocycles. The highest BCUT2D eigenvalue weighted by Crippen LogP contribution is 2.40. The number of aromatic carboxylic acids is 1. The minimum absolute atomic E-state index is 0.179. The average molecular weight is 358 g/mol. The van der Waals surface area contributed by atoms with Crippen LogP contribution in [-0.2, 0) is 4.74 Å². The summed E-state index contributed by atoms with van der Waals surface area (Å²) in [4.78, 5) is 25.2. The molecule has 2 heterocycles. The van der Waals surface area contributed by atoms with Gasteiger partial charge in [0.1, 0.15) is 22.8 Å². The van der Waals surface area contributed by atoms with Crippen LogP contribution in [0.25, 0.3) is 0 Å². The molecule has 0 bridgehead atoms. The SMILES string of the molecule is CC(C)(C)OC(=O)NC(CO)CN1CCOc2csc(C(=O)O)c21. The van der Waals surface area contributed by atoms with Crippen molar-refractivity contribution in [1.82, 2.24) is 5.32 Å². The zero-order chi connectivity index (χ0) is 17.9. The maximum atomic E-state index is 11.9. The molecular formula is C15H22N2O6S. The molecule has 0 saturated heterocycles. The third kappa shape index (κ3) is 4.51. The summed E-state index contributed by atoms with van der Waals surface area (Å²) in [6.07, 6.45) is -0.626. The summed E-state index contributed by atoms with van der Waals surface area (Å²) in [5.74, 6) is -0.519. The third-order valence-corrected chi connectivity index (χ3v) is 4.18. The van der Waals surface area contributed by atoms with E-state index in [2.05, 4.69) is 5.32 Å². The van der Waals surface area contributed by atoms with E-state index >= 15 is 0 Å². The Hall–Kier alpha value is -2.00. The number of ether oxygens (including phenoxy) is 2. The van der Waals surface area contributed by atoms with Gasteiger partial charge in [-0.3, -0.25) is 0 Å². The number of fused-ring (bicyclic) bond motifs is 1. The van der Waals surface area contributed by atoms with Crippen molar-refractivity contribution in [3.8, 4) is 5.75 Å². The Morgan fingerprint density at radius 3 is 2.79 bits per heavy atom. The molecule has 0 saturated carbocycles. The van der Waals surface area contributed by atoms with Gasteiger partial charge in [-0.1, -0.05) is 0 Å². The summed E-state index contributed by atoms with van der Waals surface area (Å²) >= 11 is 1.09. The summed E-state index contributed by atoms with van der Waals surface area (Å²) in [6, 6.07) is -0.590. The second kappa shape index (κ2) is 7.27. The van der Waals surface area contributed by atoms with Crippen LogP contribution in [0.4, 0.5) is 10.5 Å². The molecule has 1 atom stereocenters. The van der Waals surface area contributed by atoms with Crippen molar-refractivity contribution in [3.63, 3.8) is 0 Å². The van der Waals surface area contributed by atoms with E-state index in [1.54, 1.807) is 31.1 Å². The number of carboxylic acid groups (broad SMARTS) is 1. The highest BCUT2D eigenvalue weighted by molar-refractivity contribution is 7.13. The molecule has 134 valence electrons. The van der Waals surface area contributed by atoms with E-state index in [0.717, 1.165) is 11.3 Å². The molecule has 1 aromatic rings. The molecule has 1 aromatic heterocycles. The molecular weight excluding hydrogens is 336 g/mol. The Kier molecular flexibility index (Phi) is 5.55. The predicted molar refractivity (Wildman–Crippen MR) is 89.2 cm³/mol. The van der Waals surface area contributed by atoms with Gasteiger partial charge in [-0.05, 0) is 20.8 Å². The Morgan fingerprint density at radius 1 is 1.50 bits per heavy atom. The first-order valence-corrected chi connectivity index (χ1v) is 8.42. The quantitative estimate of drug-likeness (QED) is 0.732. The van der Waals surface area contributed by atoms with E-state index in [1.165, 1.54) is 0 Å². The zero-order valence-corrected chi connectivity index (χ0v) is 14.7. The molecule has 1 amide bonds. The van der Waals surface area contributed by atoms with E-state index in [1.807, 2.05) is 0 Å². The van der Waals surface area contributed by atoms with Gasteiger partial charge in [-0.25, -0.2) is 9.59 Å². The van der Waals surface area contributed by atoms with Crippen molar-refractivity contribution in [2.45, 2.75) is 32.4 Å². The van der Waals surface area contributed by atoms with Crippen molar-refractivity contribution >= 4 is 29.1 Å². The molecule has 8 nitrogen and oxygen atoms in total. The van der Waals surface area contributed by atoms with Crippen LogP contribution in [0.2, 0.25) is 0 Å². The van der Waals surface area contributed by atoms with Gasteiger partial charge in [0.05, 0.1) is 19.2 Å². The fourth-order valence-corrected chi connectivity index (χ4v) is 3.19. The van der Waals surface area contributed by atoms with Gasteiger partial charge in [0.15, 0.2) is 5.75 Å². The minimum Gasteiger partial charge on any atom is -0.489 e. The number of hydrogen-bond donors (Lipinski definition) is 3. The average Bonchev–Trinajstić information content (AvgIpc) is 2.89. The second-order valence-electron chi connectivity index (χ2n) is 6.40. The third-order valence-electron chi connectivity index (χ3n) is 3.24. The van der Waals surface area contributed by atoms with Crippen molar-refractivity contribution < 1.29 is 29.3 Å². The molecule has 1 unspecified atom stereocenters. The first-order valence-electron chi connectivity index (χ1n) is 7.54. The van der Waals surface area contributed by atoms with Crippen LogP contribution >= 0.6 is 11.3 Å². The molecule has 0 radical (unpaired) electrons. The number of carbonyl (C=O) groups excluding carboxylic acids is 1. The first kappa shape index (κ1) is 18.3. The fourth-order valence-electron chi connectivity index (χ4n) is 2.34. The van der Waals surface area contributed by atoms with E-state index in [0.29, 0.717) is 24.6 Å². The van der Waals surface area contributed by atoms with Crippen LogP contribution in [0, 0.1) is 0 Å². The largest absolute Gasteiger partial charge is 0.489 e. The summed E-state index contributed by atoms with van der Waals surface area (Å²) in [5.41, 5.74) is -0.150. The maximum absolute atomic E-state index is 11.9. The van der Waals surface area contributed by atoms with Crippen LogP contribution < -0.4 is 15.0 Å². The molecule has 0 aliphatic carbocycles. The molecule has 1 aliphatic heterocycles. The van der Waals surface area contributed by atoms with Gasteiger partial charge in [0, 0.05) is 11.9 Å². The molecule has 2 rings (SSSR count). The van der Waals surface area contributed by atoms with Gasteiger partial charge in [0.2, 0.25) is 0 Å². The van der Waals surface area contributed by atoms with Crippen LogP contribution in [-0.4, -0.2) is 60.2 Å². The fraction of sp³-hybridized carbons (Fsp3) is 0.600. The Labute approximate surface area is 144 Å². The number of alkyl carbamates (subject to hydrolysis) is 1. The smallest absolute Gasteiger partial charge is 0.408 e. The van der Waals surface area contributed by atoms with Gasteiger partial charge in [-0.15, -0.1) is 11.3 Å². The number of rotatable bonds is 5. The zero-order valence-electron chi connectivity index (χ0n) is 13.9. The summed E-state index contributed by atoms with van der Waals surface area (Å²) in [5, 5.41) is 23.1. The van der Waals surface area contributed by atoms with Crippen LogP contribution in [0.5, 0.6) is 5.75 Å². The summed E-state index contributed by atoms with van der Waals surface area (Å²) < 4.78 is 10.7. The van der Waals surface area contributed by atoms with E-state index in [4.69, 9.17) is 9.47 Å². The number of aliphatic hydroxyl groups excluding tert-OH is 1. The highest BCUT2D eigenvalue weighted by Gasteiger charge is 2.29. The maximum Gasteiger partial charge on any atom is 0.408 e. The summed E-state index contributed by atoms with van der Waals surface area (Å²) in [6.45, 7) is 6.09. The van der Waals surface area contributed by atoms with Gasteiger partial charge in [0.25, 0.3) is 0 Å². The molecule has 3 N–H and O–H groups in total. The number of aliphatic hydroxyl groups is 1. The molecule has 0 fully saturated rings. The number of amides is 1. The number of anilines is 1. The monoisotopic (exact) mass is 358 g/mol. The molecule has 9 heteroatoms. The normalized spacial score (nSPS) is 15.2. The van der Waals surface area contributed by atoms with Gasteiger partial charge < -0.3 is 29.9 Å². The standard InChI is InChI=1S/C15H22N2O6S/c1-15(2,3)23-14(21)16-9(7-18)6-17-4-5-22-10-8-24-12(11(10)17)13(19)20/h8-9,18H,4-7H2,1-3H3,(H,16,21)(H,19,20). The topological polar surface area (TPSA) is 108 Å². The Bertz CT molecular complexity index is 610. The molecule has 24 heavy (non-hydrogen) atoms. The second-order valence-corrected chi connectivity index (χ2v) is 7.28. The van der Waals surface area contributed by atoms with Crippen LogP contribution in [0.3, 0.4) is 0 Å². The van der Waals surface area contributed by atoms with Crippen LogP contribution in [0.1, 0.15) is 30.4 Å². The molecule has 1 aliphatic rings. The lowest BCUT2D eigenvalue weighted by Crippen LogP contribution is -2.49. The number of hydrogen-bond acceptors (Lipinski definition) is 7. The predicted octanol–water partition coefficient (Wildman–Crippen LogP) is 1.53. The Balaban J connectivity index is 2.09. The number of carboxylic acids is 1. The van der Waals surface area contributed by atoms with Gasteiger partial charge >= 0.3 is 12.1 Å². The lowest BCUT2D eigenvalue weighted by molar-refractivity contribution is 0.0484. The van der Waals surface area contributed by atoms with E-state index in [-0.39, 0.29) is 18.0 Å². The number of nitrogens with one attached hydrogen (secondary N) is 1.